The molecule has 0 bridgehead atoms. The molecule has 5 N–H and O–H groups in total. The van der Waals surface area contributed by atoms with Crippen LogP contribution in [-0.2, 0) is 25.7 Å². The first-order valence-corrected chi connectivity index (χ1v) is 23.7. The molecule has 1 aliphatic heterocycles. The van der Waals surface area contributed by atoms with Crippen LogP contribution < -0.4 is 20.7 Å². The number of ether oxygens (including phenoxy) is 1. The number of nitrogens with one attached hydrogen (secondary N) is 3. The fourth-order valence-electron chi connectivity index (χ4n) is 8.06. The van der Waals surface area contributed by atoms with Gasteiger partial charge in [0.1, 0.15) is 30.2 Å². The van der Waals surface area contributed by atoms with Crippen molar-refractivity contribution in [3.63, 3.8) is 0 Å². The van der Waals surface area contributed by atoms with Crippen LogP contribution in [0.1, 0.15) is 94.2 Å². The van der Waals surface area contributed by atoms with Gasteiger partial charge in [-0.25, -0.2) is 4.98 Å². The molecule has 0 saturated carbocycles. The number of carbonyl (C=O) groups is 4. The third-order valence-corrected chi connectivity index (χ3v) is 12.6. The van der Waals surface area contributed by atoms with Gasteiger partial charge in [-0.1, -0.05) is 112 Å². The summed E-state index contributed by atoms with van der Waals surface area (Å²) in [6.45, 7) is 10.4. The minimum Gasteiger partial charge on any atom is -0.508 e. The number of aliphatic hydroxyl groups is 1. The van der Waals surface area contributed by atoms with Gasteiger partial charge in [0.15, 0.2) is 0 Å². The van der Waals surface area contributed by atoms with Gasteiger partial charge in [0.25, 0.3) is 5.91 Å². The number of allylic oxidation sites excluding steroid dienone is 1. The van der Waals surface area contributed by atoms with E-state index in [0.717, 1.165) is 50.4 Å². The van der Waals surface area contributed by atoms with Gasteiger partial charge in [-0.2, -0.15) is 0 Å². The lowest BCUT2D eigenvalue weighted by atomic mass is 9.85. The van der Waals surface area contributed by atoms with Crippen LogP contribution in [-0.4, -0.2) is 81.6 Å². The number of likely N-dealkylation sites (tertiary alicyclic amines) is 1. The fourth-order valence-corrected chi connectivity index (χ4v) is 8.87. The highest BCUT2D eigenvalue weighted by atomic mass is 32.1. The molecule has 5 aromatic rings. The first-order chi connectivity index (χ1) is 32.2. The number of β-amino-alcohol motifs (C(OH)–C–C–N with tert-alkyl or cyclic N) is 1. The van der Waals surface area contributed by atoms with Crippen molar-refractivity contribution >= 4 is 46.1 Å². The molecule has 6 rings (SSSR count). The van der Waals surface area contributed by atoms with E-state index in [2.05, 4.69) is 51.8 Å². The number of benzene rings is 4. The van der Waals surface area contributed by atoms with E-state index in [-0.39, 0.29) is 56.6 Å². The third-order valence-electron chi connectivity index (χ3n) is 11.6. The van der Waals surface area contributed by atoms with Gasteiger partial charge in [0, 0.05) is 32.4 Å². The standard InChI is InChI=1S/C54H61N5O7S/c1-6-45(38-14-10-9-11-15-38)49(39-22-26-42(60)27-23-39)40-24-28-44(29-25-40)66-31-30-55-47(62)16-12-7-8-13-17-48(63)58-51(54(3,4)5)53(65)59-34-43(61)32-46(59)52(64)56-33-37-18-20-41(21-19-37)50-36(2)57-35-67-50/h9-11,14-15,18-29,35,43,46,51,60-61H,6-8,13,17,30-34H2,1-5H3,(H,55,62)(H,56,64)(H,58,63)/b49-45-/t43-,46+,51-/m1/s1. The number of nitrogens with zero attached hydrogens (tertiary/aromatic N) is 2. The van der Waals surface area contributed by atoms with Crippen molar-refractivity contribution < 1.29 is 34.1 Å². The second-order valence-corrected chi connectivity index (χ2v) is 18.6. The molecule has 0 radical (unpaired) electrons. The number of phenols is 1. The summed E-state index contributed by atoms with van der Waals surface area (Å²) < 4.78 is 5.91. The van der Waals surface area contributed by atoms with Gasteiger partial charge in [-0.15, -0.1) is 11.3 Å². The lowest BCUT2D eigenvalue weighted by Crippen LogP contribution is -2.57. The molecule has 12 nitrogen and oxygen atoms in total. The van der Waals surface area contributed by atoms with Crippen molar-refractivity contribution in [1.29, 1.82) is 0 Å². The number of hydrogen-bond acceptors (Lipinski definition) is 9. The summed E-state index contributed by atoms with van der Waals surface area (Å²) >= 11 is 1.57. The van der Waals surface area contributed by atoms with Crippen molar-refractivity contribution in [2.45, 2.75) is 97.9 Å². The van der Waals surface area contributed by atoms with E-state index >= 15 is 0 Å². The molecule has 1 aliphatic rings. The number of aromatic hydroxyl groups is 1. The maximum atomic E-state index is 14.0. The van der Waals surface area contributed by atoms with Crippen molar-refractivity contribution in [2.24, 2.45) is 5.41 Å². The summed E-state index contributed by atoms with van der Waals surface area (Å²) in [6.07, 6.45) is 1.68. The Morgan fingerprint density at radius 2 is 1.58 bits per heavy atom. The molecule has 350 valence electrons. The minimum absolute atomic E-state index is 0.00633. The Hall–Kier alpha value is -6.75. The summed E-state index contributed by atoms with van der Waals surface area (Å²) in [5.74, 6) is 4.83. The van der Waals surface area contributed by atoms with Crippen LogP contribution >= 0.6 is 11.3 Å². The molecule has 4 amide bonds. The van der Waals surface area contributed by atoms with Crippen molar-refractivity contribution in [1.82, 2.24) is 25.8 Å². The zero-order valence-corrected chi connectivity index (χ0v) is 39.8. The Balaban J connectivity index is 0.914. The largest absolute Gasteiger partial charge is 0.508 e. The van der Waals surface area contributed by atoms with E-state index < -0.39 is 35.4 Å². The molecule has 1 fully saturated rings. The van der Waals surface area contributed by atoms with E-state index in [0.29, 0.717) is 25.0 Å². The highest BCUT2D eigenvalue weighted by Crippen LogP contribution is 2.36. The Bertz CT molecular complexity index is 2560. The molecule has 13 heteroatoms. The number of aromatic nitrogens is 1. The maximum Gasteiger partial charge on any atom is 0.296 e. The second-order valence-electron chi connectivity index (χ2n) is 17.7. The van der Waals surface area contributed by atoms with E-state index in [1.807, 2.05) is 112 Å². The van der Waals surface area contributed by atoms with Crippen LogP contribution in [0.5, 0.6) is 11.5 Å². The smallest absolute Gasteiger partial charge is 0.296 e. The minimum atomic E-state index is -0.921. The molecule has 67 heavy (non-hydrogen) atoms. The lowest BCUT2D eigenvalue weighted by Gasteiger charge is -2.35. The van der Waals surface area contributed by atoms with Gasteiger partial charge in [-0.05, 0) is 101 Å². The lowest BCUT2D eigenvalue weighted by molar-refractivity contribution is -0.144. The molecule has 0 spiro atoms. The van der Waals surface area contributed by atoms with Crippen LogP contribution in [0.4, 0.5) is 0 Å². The Kier molecular flexibility index (Phi) is 17.5. The molecular weight excluding hydrogens is 863 g/mol. The summed E-state index contributed by atoms with van der Waals surface area (Å²) in [7, 11) is 0. The number of aliphatic hydroxyl groups excluding tert-OH is 1. The molecule has 2 heterocycles. The van der Waals surface area contributed by atoms with Crippen LogP contribution in [0.2, 0.25) is 0 Å². The molecule has 0 aliphatic carbocycles. The number of aryl methyl sites for hydroxylation is 1. The summed E-state index contributed by atoms with van der Waals surface area (Å²) in [5, 5.41) is 29.1. The topological polar surface area (TPSA) is 170 Å². The van der Waals surface area contributed by atoms with Crippen LogP contribution in [0.3, 0.4) is 0 Å². The molecule has 1 saturated heterocycles. The number of unbranched alkanes of at least 4 members (excludes halogenated alkanes) is 2. The summed E-state index contributed by atoms with van der Waals surface area (Å²) in [6, 6.07) is 31.4. The van der Waals surface area contributed by atoms with E-state index in [1.54, 1.807) is 23.5 Å². The number of carbonyl (C=O) groups excluding carboxylic acids is 4. The first-order valence-electron chi connectivity index (χ1n) is 22.8. The van der Waals surface area contributed by atoms with Gasteiger partial charge >= 0.3 is 0 Å². The highest BCUT2D eigenvalue weighted by Gasteiger charge is 2.44. The third kappa shape index (κ3) is 13.9. The SMILES string of the molecule is CC/C(=C(\c1ccc(O)cc1)c1ccc(OCCNC(=O)C#CCCCCC(=O)N[C@H](C(=O)N2C[C@H](O)C[C@H]2C(=O)NCc2ccc(-c3scnc3C)cc2)C(C)(C)C)cc1)c1ccccc1. The molecular formula is C54H61N5O7S. The van der Waals surface area contributed by atoms with E-state index in [9.17, 15) is 29.4 Å². The normalized spacial score (nSPS) is 15.4. The monoisotopic (exact) mass is 923 g/mol. The zero-order chi connectivity index (χ0) is 47.9. The van der Waals surface area contributed by atoms with Crippen LogP contribution in [0.15, 0.2) is 109 Å². The van der Waals surface area contributed by atoms with Gasteiger partial charge in [0.2, 0.25) is 17.7 Å². The van der Waals surface area contributed by atoms with Gasteiger partial charge in [-0.3, -0.25) is 19.2 Å². The zero-order valence-electron chi connectivity index (χ0n) is 38.9. The van der Waals surface area contributed by atoms with E-state index in [4.69, 9.17) is 4.74 Å². The number of phenolic OH excluding ortho intramolecular Hbond substituents is 1. The summed E-state index contributed by atoms with van der Waals surface area (Å²) in [4.78, 5) is 59.8. The van der Waals surface area contributed by atoms with Gasteiger partial charge in [0.05, 0.1) is 28.7 Å². The quantitative estimate of drug-likeness (QED) is 0.0334. The Morgan fingerprint density at radius 1 is 0.896 bits per heavy atom. The van der Waals surface area contributed by atoms with Crippen LogP contribution in [0, 0.1) is 24.2 Å². The fraction of sp³-hybridized carbons (Fsp3) is 0.352. The van der Waals surface area contributed by atoms with Crippen LogP contribution in [0.25, 0.3) is 21.6 Å². The molecule has 3 atom stereocenters. The van der Waals surface area contributed by atoms with Crippen molar-refractivity contribution in [2.75, 3.05) is 19.7 Å². The average molecular weight is 924 g/mol. The first kappa shape index (κ1) is 49.7. The Labute approximate surface area is 397 Å². The average Bonchev–Trinajstić information content (AvgIpc) is 3.94. The molecule has 1 aromatic heterocycles. The van der Waals surface area contributed by atoms with Crippen molar-refractivity contribution in [3.05, 3.63) is 137 Å². The second kappa shape index (κ2) is 23.6. The summed E-state index contributed by atoms with van der Waals surface area (Å²) in [5.41, 5.74) is 9.44. The maximum absolute atomic E-state index is 14.0. The Morgan fingerprint density at radius 3 is 2.22 bits per heavy atom. The number of rotatable bonds is 18. The number of hydrogen-bond donors (Lipinski definition) is 5. The van der Waals surface area contributed by atoms with Gasteiger partial charge < -0.3 is 35.8 Å². The highest BCUT2D eigenvalue weighted by molar-refractivity contribution is 7.13. The predicted octanol–water partition coefficient (Wildman–Crippen LogP) is 8.06. The molecule has 4 aromatic carbocycles. The van der Waals surface area contributed by atoms with Crippen molar-refractivity contribution in [3.8, 4) is 33.8 Å². The number of amides is 4. The molecule has 0 unspecified atom stereocenters. The predicted molar refractivity (Wildman–Crippen MR) is 264 cm³/mol. The van der Waals surface area contributed by atoms with E-state index in [1.165, 1.54) is 10.5 Å². The number of thiazole rings is 1.